The Labute approximate surface area is 166 Å². The largest absolute Gasteiger partial charge is 0.445 e. The third-order valence-corrected chi connectivity index (χ3v) is 4.00. The maximum atomic E-state index is 12.4. The fourth-order valence-electron chi connectivity index (χ4n) is 2.51. The lowest BCUT2D eigenvalue weighted by atomic mass is 10.2. The summed E-state index contributed by atoms with van der Waals surface area (Å²) in [4.78, 5) is 56.0. The molecule has 1 aliphatic heterocycles. The monoisotopic (exact) mass is 403 g/mol. The maximum Gasteiger partial charge on any atom is 0.410 e. The Kier molecular flexibility index (Phi) is 8.46. The first kappa shape index (κ1) is 21.7. The third kappa shape index (κ3) is 7.15. The van der Waals surface area contributed by atoms with Gasteiger partial charge in [0.15, 0.2) is 0 Å². The predicted octanol–water partition coefficient (Wildman–Crippen LogP) is 2.32. The van der Waals surface area contributed by atoms with Crippen LogP contribution in [0.5, 0.6) is 0 Å². The predicted molar refractivity (Wildman–Crippen MR) is 98.6 cm³/mol. The van der Waals surface area contributed by atoms with Crippen LogP contribution in [0.3, 0.4) is 0 Å². The molecule has 1 heterocycles. The van der Waals surface area contributed by atoms with Crippen LogP contribution in [-0.2, 0) is 30.6 Å². The van der Waals surface area contributed by atoms with Crippen molar-refractivity contribution in [2.75, 3.05) is 19.6 Å². The number of hydrogen-bond donors (Lipinski definition) is 0. The highest BCUT2D eigenvalue weighted by Gasteiger charge is 2.32. The van der Waals surface area contributed by atoms with E-state index in [1.165, 1.54) is 4.90 Å². The molecule has 1 aromatic rings. The Morgan fingerprint density at radius 3 is 2.48 bits per heavy atom. The number of ether oxygens (including phenoxy) is 1. The zero-order valence-corrected chi connectivity index (χ0v) is 15.7. The minimum atomic E-state index is -0.815. The number of rotatable bonds is 10. The fourth-order valence-corrected chi connectivity index (χ4v) is 2.51. The van der Waals surface area contributed by atoms with Crippen LogP contribution in [0.2, 0.25) is 0 Å². The highest BCUT2D eigenvalue weighted by Crippen LogP contribution is 2.13. The highest BCUT2D eigenvalue weighted by molar-refractivity contribution is 6.01. The highest BCUT2D eigenvalue weighted by atomic mass is 16.7. The van der Waals surface area contributed by atoms with Gasteiger partial charge in [-0.1, -0.05) is 35.4 Å². The maximum absolute atomic E-state index is 12.4. The molecule has 29 heavy (non-hydrogen) atoms. The molecule has 11 heteroatoms. The van der Waals surface area contributed by atoms with Gasteiger partial charge in [-0.15, -0.1) is 5.06 Å². The van der Waals surface area contributed by atoms with E-state index in [1.807, 2.05) is 18.2 Å². The van der Waals surface area contributed by atoms with Crippen molar-refractivity contribution in [2.45, 2.75) is 32.3 Å². The van der Waals surface area contributed by atoms with E-state index >= 15 is 0 Å². The van der Waals surface area contributed by atoms with Crippen molar-refractivity contribution in [3.8, 4) is 0 Å². The summed E-state index contributed by atoms with van der Waals surface area (Å²) >= 11 is 0. The van der Waals surface area contributed by atoms with Crippen molar-refractivity contribution in [2.24, 2.45) is 5.11 Å². The molecule has 11 nitrogen and oxygen atoms in total. The van der Waals surface area contributed by atoms with Crippen LogP contribution in [0.25, 0.3) is 10.4 Å². The van der Waals surface area contributed by atoms with Crippen molar-refractivity contribution in [3.05, 3.63) is 46.3 Å². The quantitative estimate of drug-likeness (QED) is 0.193. The average Bonchev–Trinajstić information content (AvgIpc) is 3.04. The molecule has 0 aliphatic carbocycles. The van der Waals surface area contributed by atoms with Crippen molar-refractivity contribution in [1.82, 2.24) is 9.96 Å². The summed E-state index contributed by atoms with van der Waals surface area (Å²) in [6.07, 6.45) is -0.495. The lowest BCUT2D eigenvalue weighted by Gasteiger charge is -2.22. The molecule has 0 radical (unpaired) electrons. The molecule has 154 valence electrons. The molecular formula is C18H21N5O6. The Bertz CT molecular complexity index is 777. The van der Waals surface area contributed by atoms with Gasteiger partial charge in [-0.05, 0) is 17.5 Å². The second kappa shape index (κ2) is 11.3. The topological polar surface area (TPSA) is 142 Å². The van der Waals surface area contributed by atoms with Crippen LogP contribution in [-0.4, -0.2) is 53.5 Å². The summed E-state index contributed by atoms with van der Waals surface area (Å²) in [7, 11) is 0. The van der Waals surface area contributed by atoms with E-state index in [4.69, 9.17) is 15.1 Å². The molecule has 1 fully saturated rings. The van der Waals surface area contributed by atoms with E-state index in [0.717, 1.165) is 5.56 Å². The summed E-state index contributed by atoms with van der Waals surface area (Å²) in [5.74, 6) is -1.96. The minimum absolute atomic E-state index is 0.00343. The van der Waals surface area contributed by atoms with Crippen molar-refractivity contribution in [3.63, 3.8) is 0 Å². The van der Waals surface area contributed by atoms with Crippen LogP contribution in [0.15, 0.2) is 35.4 Å². The number of azide groups is 1. The number of amides is 3. The van der Waals surface area contributed by atoms with Gasteiger partial charge in [-0.25, -0.2) is 9.59 Å². The molecule has 0 unspecified atom stereocenters. The van der Waals surface area contributed by atoms with Gasteiger partial charge < -0.3 is 14.5 Å². The summed E-state index contributed by atoms with van der Waals surface area (Å²) in [6, 6.07) is 9.09. The normalized spacial score (nSPS) is 13.0. The zero-order valence-electron chi connectivity index (χ0n) is 15.7. The molecule has 2 rings (SSSR count). The molecule has 0 atom stereocenters. The van der Waals surface area contributed by atoms with Crippen LogP contribution < -0.4 is 0 Å². The second-order valence-electron chi connectivity index (χ2n) is 6.13. The summed E-state index contributed by atoms with van der Waals surface area (Å²) in [5.41, 5.74) is 9.14. The summed E-state index contributed by atoms with van der Waals surface area (Å²) in [6.45, 7) is 0.397. The average molecular weight is 403 g/mol. The van der Waals surface area contributed by atoms with E-state index in [1.54, 1.807) is 12.1 Å². The second-order valence-corrected chi connectivity index (χ2v) is 6.13. The molecule has 1 aliphatic rings. The summed E-state index contributed by atoms with van der Waals surface area (Å²) in [5, 5.41) is 3.87. The first-order valence-electron chi connectivity index (χ1n) is 9.04. The molecule has 0 bridgehead atoms. The fraction of sp³-hybridized carbons (Fsp3) is 0.444. The van der Waals surface area contributed by atoms with Gasteiger partial charge in [-0.3, -0.25) is 9.59 Å². The number of hydroxylamine groups is 2. The Morgan fingerprint density at radius 2 is 1.83 bits per heavy atom. The molecule has 0 saturated carbocycles. The third-order valence-electron chi connectivity index (χ3n) is 4.00. The Morgan fingerprint density at radius 1 is 1.14 bits per heavy atom. The van der Waals surface area contributed by atoms with Gasteiger partial charge in [0.2, 0.25) is 0 Å². The van der Waals surface area contributed by atoms with Gasteiger partial charge in [0.1, 0.15) is 6.61 Å². The number of hydrogen-bond acceptors (Lipinski definition) is 7. The van der Waals surface area contributed by atoms with Gasteiger partial charge in [0.25, 0.3) is 11.8 Å². The van der Waals surface area contributed by atoms with E-state index < -0.39 is 23.9 Å². The van der Waals surface area contributed by atoms with Gasteiger partial charge >= 0.3 is 12.1 Å². The van der Waals surface area contributed by atoms with E-state index in [-0.39, 0.29) is 45.5 Å². The number of benzene rings is 1. The Balaban J connectivity index is 1.87. The van der Waals surface area contributed by atoms with Crippen molar-refractivity contribution in [1.29, 1.82) is 0 Å². The Hall–Kier alpha value is -3.59. The molecule has 0 spiro atoms. The smallest absolute Gasteiger partial charge is 0.410 e. The molecule has 0 aromatic heterocycles. The van der Waals surface area contributed by atoms with Crippen LogP contribution in [0.4, 0.5) is 4.79 Å². The first-order chi connectivity index (χ1) is 14.0. The first-order valence-corrected chi connectivity index (χ1v) is 9.04. The van der Waals surface area contributed by atoms with Gasteiger partial charge in [0.05, 0.1) is 6.42 Å². The van der Waals surface area contributed by atoms with Crippen LogP contribution in [0.1, 0.15) is 31.2 Å². The van der Waals surface area contributed by atoms with Crippen molar-refractivity contribution < 1.29 is 28.8 Å². The van der Waals surface area contributed by atoms with Crippen LogP contribution in [0, 0.1) is 0 Å². The number of carbonyl (C=O) groups excluding carboxylic acids is 4. The SMILES string of the molecule is [N-]=[N+]=NCCCN(CCC(=O)ON1C(=O)CCC1=O)C(=O)OCc1ccccc1. The number of imide groups is 1. The minimum Gasteiger partial charge on any atom is -0.445 e. The van der Waals surface area contributed by atoms with Gasteiger partial charge in [-0.2, -0.15) is 0 Å². The molecule has 0 N–H and O–H groups in total. The molecule has 3 amide bonds. The lowest BCUT2D eigenvalue weighted by molar-refractivity contribution is -0.197. The standard InChI is InChI=1S/C18H21N5O6/c19-21-20-10-4-11-22(18(27)28-13-14-5-2-1-3-6-14)12-9-17(26)29-23-15(24)7-8-16(23)25/h1-3,5-6H,4,7-13H2. The van der Waals surface area contributed by atoms with Gasteiger partial charge in [0, 0.05) is 37.4 Å². The van der Waals surface area contributed by atoms with Crippen molar-refractivity contribution >= 4 is 23.9 Å². The van der Waals surface area contributed by atoms with E-state index in [9.17, 15) is 19.2 Å². The van der Waals surface area contributed by atoms with E-state index in [2.05, 4.69) is 10.0 Å². The zero-order chi connectivity index (χ0) is 21.1. The number of nitrogens with zero attached hydrogens (tertiary/aromatic N) is 5. The molecular weight excluding hydrogens is 382 g/mol. The molecule has 1 aromatic carbocycles. The molecule has 1 saturated heterocycles. The number of carbonyl (C=O) groups is 4. The summed E-state index contributed by atoms with van der Waals surface area (Å²) < 4.78 is 5.26. The lowest BCUT2D eigenvalue weighted by Crippen LogP contribution is -2.37. The van der Waals surface area contributed by atoms with Crippen LogP contribution >= 0.6 is 0 Å². The van der Waals surface area contributed by atoms with E-state index in [0.29, 0.717) is 11.5 Å².